The van der Waals surface area contributed by atoms with Crippen molar-refractivity contribution < 1.29 is 18.7 Å². The maximum Gasteiger partial charge on any atom is 0.350 e. The lowest BCUT2D eigenvalue weighted by molar-refractivity contribution is 0.0607. The minimum Gasteiger partial charge on any atom is -0.465 e. The lowest BCUT2D eigenvalue weighted by atomic mass is 10.1. The van der Waals surface area contributed by atoms with E-state index in [1.165, 1.54) is 36.6 Å². The van der Waals surface area contributed by atoms with E-state index in [9.17, 15) is 14.0 Å². The van der Waals surface area contributed by atoms with E-state index in [1.54, 1.807) is 12.1 Å². The van der Waals surface area contributed by atoms with Crippen LogP contribution in [0.5, 0.6) is 0 Å². The number of anilines is 1. The van der Waals surface area contributed by atoms with Gasteiger partial charge in [0.25, 0.3) is 5.91 Å². The molecular weight excluding hydrogens is 341 g/mol. The molecule has 0 aliphatic carbocycles. The molecule has 0 bridgehead atoms. The first-order valence-electron chi connectivity index (χ1n) is 7.43. The van der Waals surface area contributed by atoms with Crippen molar-refractivity contribution in [3.8, 4) is 10.4 Å². The van der Waals surface area contributed by atoms with Crippen LogP contribution >= 0.6 is 11.3 Å². The highest BCUT2D eigenvalue weighted by Gasteiger charge is 2.21. The molecule has 3 aromatic rings. The Morgan fingerprint density at radius 3 is 2.40 bits per heavy atom. The molecule has 6 heteroatoms. The molecule has 2 aromatic carbocycles. The van der Waals surface area contributed by atoms with Crippen molar-refractivity contribution in [3.05, 3.63) is 76.9 Å². The van der Waals surface area contributed by atoms with Crippen LogP contribution in [-0.2, 0) is 4.74 Å². The molecule has 3 rings (SSSR count). The molecule has 4 nitrogen and oxygen atoms in total. The predicted molar refractivity (Wildman–Crippen MR) is 95.4 cm³/mol. The molecule has 1 amide bonds. The van der Waals surface area contributed by atoms with Crippen LogP contribution in [0.1, 0.15) is 20.0 Å². The first-order valence-corrected chi connectivity index (χ1v) is 8.25. The van der Waals surface area contributed by atoms with Gasteiger partial charge < -0.3 is 10.1 Å². The number of amides is 1. The van der Waals surface area contributed by atoms with Crippen LogP contribution in [0.25, 0.3) is 10.4 Å². The van der Waals surface area contributed by atoms with Crippen molar-refractivity contribution in [1.82, 2.24) is 0 Å². The van der Waals surface area contributed by atoms with Gasteiger partial charge in [-0.25, -0.2) is 9.18 Å². The number of esters is 1. The second-order valence-corrected chi connectivity index (χ2v) is 6.20. The molecule has 1 N–H and O–H groups in total. The number of hydrogen-bond acceptors (Lipinski definition) is 4. The monoisotopic (exact) mass is 355 g/mol. The van der Waals surface area contributed by atoms with Gasteiger partial charge in [-0.05, 0) is 23.8 Å². The lowest BCUT2D eigenvalue weighted by Crippen LogP contribution is -2.15. The number of thiophene rings is 1. The third-order valence-corrected chi connectivity index (χ3v) is 4.69. The zero-order valence-corrected chi connectivity index (χ0v) is 14.1. The van der Waals surface area contributed by atoms with E-state index in [0.29, 0.717) is 5.69 Å². The van der Waals surface area contributed by atoms with Crippen molar-refractivity contribution >= 4 is 28.9 Å². The molecule has 0 atom stereocenters. The number of carbonyl (C=O) groups is 2. The zero-order valence-electron chi connectivity index (χ0n) is 13.3. The summed E-state index contributed by atoms with van der Waals surface area (Å²) < 4.78 is 18.6. The number of hydrogen-bond donors (Lipinski definition) is 1. The van der Waals surface area contributed by atoms with Gasteiger partial charge in [0.1, 0.15) is 10.7 Å². The van der Waals surface area contributed by atoms with Gasteiger partial charge in [0.2, 0.25) is 0 Å². The molecule has 25 heavy (non-hydrogen) atoms. The first-order chi connectivity index (χ1) is 12.1. The SMILES string of the molecule is COC(=O)c1sc(-c2ccccc2)cc1NC(=O)c1ccccc1F. The minimum absolute atomic E-state index is 0.0919. The number of methoxy groups -OCH3 is 1. The summed E-state index contributed by atoms with van der Waals surface area (Å²) in [6.07, 6.45) is 0. The van der Waals surface area contributed by atoms with Crippen LogP contribution in [0.2, 0.25) is 0 Å². The first kappa shape index (κ1) is 16.9. The Morgan fingerprint density at radius 2 is 1.72 bits per heavy atom. The van der Waals surface area contributed by atoms with E-state index in [-0.39, 0.29) is 10.4 Å². The molecule has 1 heterocycles. The lowest BCUT2D eigenvalue weighted by Gasteiger charge is -2.06. The number of ether oxygens (including phenoxy) is 1. The minimum atomic E-state index is -0.627. The van der Waals surface area contributed by atoms with Gasteiger partial charge in [0, 0.05) is 4.88 Å². The Hall–Kier alpha value is -2.99. The summed E-state index contributed by atoms with van der Waals surface area (Å²) in [5.41, 5.74) is 1.11. The van der Waals surface area contributed by atoms with Crippen LogP contribution in [0, 0.1) is 5.82 Å². The van der Waals surface area contributed by atoms with E-state index < -0.39 is 17.7 Å². The van der Waals surface area contributed by atoms with Gasteiger partial charge in [-0.3, -0.25) is 4.79 Å². The van der Waals surface area contributed by atoms with Crippen molar-refractivity contribution in [2.24, 2.45) is 0 Å². The standard InChI is InChI=1S/C19H14FNO3S/c1-24-19(23)17-15(11-16(25-17)12-7-3-2-4-8-12)21-18(22)13-9-5-6-10-14(13)20/h2-11H,1H3,(H,21,22). The normalized spacial score (nSPS) is 10.3. The average Bonchev–Trinajstić information content (AvgIpc) is 3.06. The zero-order chi connectivity index (χ0) is 17.8. The Bertz CT molecular complexity index is 921. The van der Waals surface area contributed by atoms with Gasteiger partial charge in [-0.1, -0.05) is 42.5 Å². The van der Waals surface area contributed by atoms with E-state index in [1.807, 2.05) is 30.3 Å². The predicted octanol–water partition coefficient (Wildman–Crippen LogP) is 4.59. The molecule has 0 saturated heterocycles. The highest BCUT2D eigenvalue weighted by molar-refractivity contribution is 7.18. The largest absolute Gasteiger partial charge is 0.465 e. The number of carbonyl (C=O) groups excluding carboxylic acids is 2. The van der Waals surface area contributed by atoms with Crippen molar-refractivity contribution in [3.63, 3.8) is 0 Å². The molecule has 0 radical (unpaired) electrons. The second-order valence-electron chi connectivity index (χ2n) is 5.15. The van der Waals surface area contributed by atoms with Gasteiger partial charge in [0.05, 0.1) is 18.4 Å². The van der Waals surface area contributed by atoms with Gasteiger partial charge in [-0.15, -0.1) is 11.3 Å². The molecule has 126 valence electrons. The Morgan fingerprint density at radius 1 is 1.04 bits per heavy atom. The maximum atomic E-state index is 13.8. The molecule has 0 fully saturated rings. The molecule has 0 aliphatic rings. The molecule has 0 aliphatic heterocycles. The summed E-state index contributed by atoms with van der Waals surface area (Å²) in [6, 6.07) is 16.8. The Kier molecular flexibility index (Phi) is 4.90. The summed E-state index contributed by atoms with van der Waals surface area (Å²) in [6.45, 7) is 0. The third-order valence-electron chi connectivity index (χ3n) is 3.53. The van der Waals surface area contributed by atoms with E-state index in [2.05, 4.69) is 5.32 Å². The second kappa shape index (κ2) is 7.27. The Balaban J connectivity index is 1.97. The summed E-state index contributed by atoms with van der Waals surface area (Å²) in [4.78, 5) is 25.4. The molecule has 0 spiro atoms. The Labute approximate surface area is 147 Å². The number of nitrogens with one attached hydrogen (secondary N) is 1. The average molecular weight is 355 g/mol. The quantitative estimate of drug-likeness (QED) is 0.696. The van der Waals surface area contributed by atoms with E-state index >= 15 is 0 Å². The van der Waals surface area contributed by atoms with Gasteiger partial charge in [-0.2, -0.15) is 0 Å². The van der Waals surface area contributed by atoms with E-state index in [4.69, 9.17) is 4.74 Å². The fourth-order valence-electron chi connectivity index (χ4n) is 2.31. The van der Waals surface area contributed by atoms with Crippen molar-refractivity contribution in [1.29, 1.82) is 0 Å². The van der Waals surface area contributed by atoms with Crippen LogP contribution in [0.4, 0.5) is 10.1 Å². The molecule has 1 aromatic heterocycles. The van der Waals surface area contributed by atoms with Crippen LogP contribution in [-0.4, -0.2) is 19.0 Å². The number of rotatable bonds is 4. The van der Waals surface area contributed by atoms with Crippen molar-refractivity contribution in [2.75, 3.05) is 12.4 Å². The fourth-order valence-corrected chi connectivity index (χ4v) is 3.35. The number of halogens is 1. The van der Waals surface area contributed by atoms with Crippen molar-refractivity contribution in [2.45, 2.75) is 0 Å². The summed E-state index contributed by atoms with van der Waals surface area (Å²) >= 11 is 1.20. The van der Waals surface area contributed by atoms with E-state index in [0.717, 1.165) is 10.4 Å². The van der Waals surface area contributed by atoms with Crippen LogP contribution in [0.15, 0.2) is 60.7 Å². The molecule has 0 saturated carbocycles. The number of benzene rings is 2. The summed E-state index contributed by atoms with van der Waals surface area (Å²) in [5, 5.41) is 2.60. The fraction of sp³-hybridized carbons (Fsp3) is 0.0526. The van der Waals surface area contributed by atoms with Crippen LogP contribution in [0.3, 0.4) is 0 Å². The molecule has 0 unspecified atom stereocenters. The topological polar surface area (TPSA) is 55.4 Å². The molecular formula is C19H14FNO3S. The van der Waals surface area contributed by atoms with Gasteiger partial charge >= 0.3 is 5.97 Å². The summed E-state index contributed by atoms with van der Waals surface area (Å²) in [7, 11) is 1.27. The van der Waals surface area contributed by atoms with Gasteiger partial charge in [0.15, 0.2) is 0 Å². The smallest absolute Gasteiger partial charge is 0.350 e. The highest BCUT2D eigenvalue weighted by atomic mass is 32.1. The maximum absolute atomic E-state index is 13.8. The summed E-state index contributed by atoms with van der Waals surface area (Å²) in [5.74, 6) is -1.81. The highest BCUT2D eigenvalue weighted by Crippen LogP contribution is 2.35. The van der Waals surface area contributed by atoms with Crippen LogP contribution < -0.4 is 5.32 Å². The third kappa shape index (κ3) is 3.59.